The Bertz CT molecular complexity index is 1170. The van der Waals surface area contributed by atoms with Gasteiger partial charge in [-0.2, -0.15) is 4.31 Å². The first-order valence-electron chi connectivity index (χ1n) is 11.1. The van der Waals surface area contributed by atoms with Gasteiger partial charge in [-0.05, 0) is 61.4 Å². The van der Waals surface area contributed by atoms with Crippen molar-refractivity contribution in [1.82, 2.24) is 4.31 Å². The van der Waals surface area contributed by atoms with Crippen LogP contribution >= 0.6 is 11.6 Å². The molecule has 7 nitrogen and oxygen atoms in total. The lowest BCUT2D eigenvalue weighted by molar-refractivity contribution is -0.121. The van der Waals surface area contributed by atoms with Gasteiger partial charge in [0.25, 0.3) is 5.91 Å². The Kier molecular flexibility index (Phi) is 7.07. The summed E-state index contributed by atoms with van der Waals surface area (Å²) >= 11 is 6.20. The highest BCUT2D eigenvalue weighted by Gasteiger charge is 2.31. The van der Waals surface area contributed by atoms with E-state index in [2.05, 4.69) is 0 Å². The number of para-hydroxylation sites is 1. The average molecular weight is 491 g/mol. The van der Waals surface area contributed by atoms with E-state index in [-0.39, 0.29) is 27.3 Å². The summed E-state index contributed by atoms with van der Waals surface area (Å²) in [4.78, 5) is 26.9. The first-order chi connectivity index (χ1) is 15.8. The summed E-state index contributed by atoms with van der Waals surface area (Å²) in [5, 5.41) is 0.0470. The predicted octanol–water partition coefficient (Wildman–Crippen LogP) is 3.90. The van der Waals surface area contributed by atoms with Crippen LogP contribution in [0.5, 0.6) is 0 Å². The fourth-order valence-corrected chi connectivity index (χ4v) is 6.51. The minimum Gasteiger partial charge on any atom is -0.452 e. The van der Waals surface area contributed by atoms with E-state index in [0.29, 0.717) is 19.6 Å². The highest BCUT2D eigenvalue weighted by molar-refractivity contribution is 7.89. The van der Waals surface area contributed by atoms with Crippen molar-refractivity contribution in [3.63, 3.8) is 0 Å². The Morgan fingerprint density at radius 2 is 1.91 bits per heavy atom. The lowest BCUT2D eigenvalue weighted by atomic mass is 10.0. The highest BCUT2D eigenvalue weighted by Crippen LogP contribution is 2.30. The number of carbonyl (C=O) groups is 2. The number of hydrogen-bond donors (Lipinski definition) is 0. The van der Waals surface area contributed by atoms with Crippen LogP contribution in [0.2, 0.25) is 5.02 Å². The van der Waals surface area contributed by atoms with Gasteiger partial charge in [-0.15, -0.1) is 0 Å². The van der Waals surface area contributed by atoms with Crippen molar-refractivity contribution in [2.45, 2.75) is 37.5 Å². The molecule has 2 aromatic carbocycles. The second-order valence-corrected chi connectivity index (χ2v) is 10.9. The van der Waals surface area contributed by atoms with Crippen LogP contribution in [0.1, 0.15) is 42.1 Å². The number of carbonyl (C=O) groups excluding carboxylic acids is 2. The van der Waals surface area contributed by atoms with Gasteiger partial charge >= 0.3 is 5.97 Å². The SMILES string of the molecule is CC1CCCN(S(=O)(=O)c2cc(C(=O)OCC(=O)N3CCCc4ccccc43)ccc2Cl)C1. The Morgan fingerprint density at radius 3 is 2.70 bits per heavy atom. The molecule has 1 fully saturated rings. The van der Waals surface area contributed by atoms with Crippen LogP contribution in [0.25, 0.3) is 0 Å². The number of esters is 1. The van der Waals surface area contributed by atoms with Crippen LogP contribution in [0.3, 0.4) is 0 Å². The van der Waals surface area contributed by atoms with Crippen molar-refractivity contribution in [2.24, 2.45) is 5.92 Å². The molecule has 0 radical (unpaired) electrons. The number of halogens is 1. The standard InChI is InChI=1S/C24H27ClN2O5S/c1-17-6-4-12-26(15-17)33(30,31)22-14-19(10-11-20(22)25)24(29)32-16-23(28)27-13-5-8-18-7-2-3-9-21(18)27/h2-3,7,9-11,14,17H,4-6,8,12-13,15-16H2,1H3. The van der Waals surface area contributed by atoms with Crippen LogP contribution in [-0.4, -0.2) is 50.8 Å². The van der Waals surface area contributed by atoms with Crippen LogP contribution in [0, 0.1) is 5.92 Å². The third-order valence-corrected chi connectivity index (χ3v) is 8.49. The third kappa shape index (κ3) is 5.08. The topological polar surface area (TPSA) is 84.0 Å². The maximum Gasteiger partial charge on any atom is 0.338 e. The Hall–Kier alpha value is -2.42. The number of sulfonamides is 1. The van der Waals surface area contributed by atoms with Gasteiger partial charge in [0.1, 0.15) is 4.90 Å². The normalized spacial score (nSPS) is 19.1. The van der Waals surface area contributed by atoms with E-state index in [9.17, 15) is 18.0 Å². The summed E-state index contributed by atoms with van der Waals surface area (Å²) in [6.45, 7) is 2.98. The summed E-state index contributed by atoms with van der Waals surface area (Å²) in [5.41, 5.74) is 1.96. The molecule has 1 amide bonds. The number of ether oxygens (including phenoxy) is 1. The van der Waals surface area contributed by atoms with Gasteiger partial charge in [0.05, 0.1) is 10.6 Å². The molecule has 1 unspecified atom stereocenters. The molecule has 176 valence electrons. The van der Waals surface area contributed by atoms with E-state index >= 15 is 0 Å². The average Bonchev–Trinajstić information content (AvgIpc) is 2.82. The Morgan fingerprint density at radius 1 is 1.12 bits per heavy atom. The number of nitrogens with zero attached hydrogens (tertiary/aromatic N) is 2. The number of amides is 1. The summed E-state index contributed by atoms with van der Waals surface area (Å²) < 4.78 is 33.0. The maximum absolute atomic E-state index is 13.1. The quantitative estimate of drug-likeness (QED) is 0.593. The van der Waals surface area contributed by atoms with Crippen molar-refractivity contribution in [2.75, 3.05) is 31.1 Å². The molecule has 2 heterocycles. The smallest absolute Gasteiger partial charge is 0.338 e. The van der Waals surface area contributed by atoms with Crippen LogP contribution in [0.4, 0.5) is 5.69 Å². The molecule has 0 spiro atoms. The van der Waals surface area contributed by atoms with E-state index < -0.39 is 22.6 Å². The first kappa shape index (κ1) is 23.7. The summed E-state index contributed by atoms with van der Waals surface area (Å²) in [5.74, 6) is -0.834. The zero-order valence-corrected chi connectivity index (χ0v) is 20.1. The molecule has 9 heteroatoms. The number of anilines is 1. The van der Waals surface area contributed by atoms with Crippen LogP contribution < -0.4 is 4.90 Å². The molecular formula is C24H27ClN2O5S. The number of piperidine rings is 1. The molecule has 1 atom stereocenters. The third-order valence-electron chi connectivity index (χ3n) is 6.14. The monoisotopic (exact) mass is 490 g/mol. The molecule has 0 bridgehead atoms. The fourth-order valence-electron chi connectivity index (χ4n) is 4.41. The summed E-state index contributed by atoms with van der Waals surface area (Å²) in [6, 6.07) is 11.7. The van der Waals surface area contributed by atoms with E-state index in [4.69, 9.17) is 16.3 Å². The second-order valence-electron chi connectivity index (χ2n) is 8.61. The molecule has 0 aromatic heterocycles. The molecular weight excluding hydrogens is 464 g/mol. The summed E-state index contributed by atoms with van der Waals surface area (Å²) in [7, 11) is -3.85. The van der Waals surface area contributed by atoms with E-state index in [1.165, 1.54) is 22.5 Å². The molecule has 0 N–H and O–H groups in total. The van der Waals surface area contributed by atoms with Crippen molar-refractivity contribution in [3.05, 3.63) is 58.6 Å². The minimum atomic E-state index is -3.85. The molecule has 4 rings (SSSR count). The Balaban J connectivity index is 1.47. The lowest BCUT2D eigenvalue weighted by Crippen LogP contribution is -2.39. The van der Waals surface area contributed by atoms with Gasteiger partial charge in [0.15, 0.2) is 6.61 Å². The van der Waals surface area contributed by atoms with Crippen molar-refractivity contribution in [1.29, 1.82) is 0 Å². The number of fused-ring (bicyclic) bond motifs is 1. The van der Waals surface area contributed by atoms with Gasteiger partial charge in [-0.1, -0.05) is 36.7 Å². The number of benzene rings is 2. The zero-order chi connectivity index (χ0) is 23.6. The number of rotatable bonds is 5. The Labute approximate surface area is 199 Å². The molecule has 2 aromatic rings. The number of aryl methyl sites for hydroxylation is 1. The molecule has 1 saturated heterocycles. The molecule has 0 saturated carbocycles. The number of hydrogen-bond acceptors (Lipinski definition) is 5. The molecule has 2 aliphatic rings. The lowest BCUT2D eigenvalue weighted by Gasteiger charge is -2.30. The van der Waals surface area contributed by atoms with E-state index in [1.807, 2.05) is 31.2 Å². The maximum atomic E-state index is 13.1. The van der Waals surface area contributed by atoms with Crippen molar-refractivity contribution < 1.29 is 22.7 Å². The van der Waals surface area contributed by atoms with Crippen LogP contribution in [0.15, 0.2) is 47.4 Å². The van der Waals surface area contributed by atoms with Gasteiger partial charge in [0.2, 0.25) is 10.0 Å². The summed E-state index contributed by atoms with van der Waals surface area (Å²) in [6.07, 6.45) is 3.49. The highest BCUT2D eigenvalue weighted by atomic mass is 35.5. The molecule has 33 heavy (non-hydrogen) atoms. The first-order valence-corrected chi connectivity index (χ1v) is 12.9. The van der Waals surface area contributed by atoms with Crippen molar-refractivity contribution in [3.8, 4) is 0 Å². The molecule has 2 aliphatic heterocycles. The zero-order valence-electron chi connectivity index (χ0n) is 18.5. The van der Waals surface area contributed by atoms with Crippen molar-refractivity contribution >= 4 is 39.2 Å². The van der Waals surface area contributed by atoms with Gasteiger partial charge in [-0.3, -0.25) is 4.79 Å². The van der Waals surface area contributed by atoms with Gasteiger partial charge in [0, 0.05) is 25.3 Å². The minimum absolute atomic E-state index is 0.0369. The second kappa shape index (κ2) is 9.83. The molecule has 0 aliphatic carbocycles. The predicted molar refractivity (Wildman–Crippen MR) is 126 cm³/mol. The van der Waals surface area contributed by atoms with E-state index in [1.54, 1.807) is 4.90 Å². The van der Waals surface area contributed by atoms with Crippen LogP contribution in [-0.2, 0) is 26.0 Å². The van der Waals surface area contributed by atoms with E-state index in [0.717, 1.165) is 36.9 Å². The fraction of sp³-hybridized carbons (Fsp3) is 0.417. The largest absolute Gasteiger partial charge is 0.452 e. The van der Waals surface area contributed by atoms with Gasteiger partial charge < -0.3 is 9.64 Å². The van der Waals surface area contributed by atoms with Gasteiger partial charge in [-0.25, -0.2) is 13.2 Å².